The molecular weight excluding hydrogens is 370 g/mol. The van der Waals surface area contributed by atoms with Crippen molar-refractivity contribution in [2.75, 3.05) is 6.54 Å². The number of carbonyl (C=O) groups is 1. The lowest BCUT2D eigenvalue weighted by Crippen LogP contribution is -2.25. The summed E-state index contributed by atoms with van der Waals surface area (Å²) in [6, 6.07) is 14.7. The summed E-state index contributed by atoms with van der Waals surface area (Å²) < 4.78 is 2.52. The van der Waals surface area contributed by atoms with E-state index >= 15 is 0 Å². The van der Waals surface area contributed by atoms with Crippen molar-refractivity contribution in [2.24, 2.45) is 0 Å². The zero-order valence-corrected chi connectivity index (χ0v) is 14.4. The van der Waals surface area contributed by atoms with E-state index in [9.17, 15) is 9.90 Å². The topological polar surface area (TPSA) is 67.2 Å². The monoisotopic (exact) mass is 385 g/mol. The molecule has 0 unspecified atom stereocenters. The molecule has 122 valence electrons. The smallest absolute Gasteiger partial charge is 0.255 e. The minimum Gasteiger partial charge on any atom is -0.507 e. The first kappa shape index (κ1) is 16.3. The number of halogens is 1. The summed E-state index contributed by atoms with van der Waals surface area (Å²) in [4.78, 5) is 12.1. The summed E-state index contributed by atoms with van der Waals surface area (Å²) in [6.07, 6.45) is 4.34. The Morgan fingerprint density at radius 1 is 1.21 bits per heavy atom. The van der Waals surface area contributed by atoms with Crippen LogP contribution in [0.3, 0.4) is 0 Å². The second-order valence-electron chi connectivity index (χ2n) is 5.28. The van der Waals surface area contributed by atoms with Crippen molar-refractivity contribution in [1.29, 1.82) is 0 Å². The first-order valence-corrected chi connectivity index (χ1v) is 8.28. The predicted molar refractivity (Wildman–Crippen MR) is 95.4 cm³/mol. The Labute approximate surface area is 148 Å². The van der Waals surface area contributed by atoms with Gasteiger partial charge in [0, 0.05) is 23.4 Å². The normalized spacial score (nSPS) is 10.5. The molecule has 3 aromatic rings. The zero-order chi connectivity index (χ0) is 16.9. The van der Waals surface area contributed by atoms with Crippen molar-refractivity contribution in [3.05, 3.63) is 76.5 Å². The van der Waals surface area contributed by atoms with Gasteiger partial charge in [0.25, 0.3) is 5.91 Å². The number of amides is 1. The number of nitrogens with zero attached hydrogens (tertiary/aromatic N) is 2. The minimum absolute atomic E-state index is 0.0366. The summed E-state index contributed by atoms with van der Waals surface area (Å²) in [5, 5.41) is 16.8. The van der Waals surface area contributed by atoms with Gasteiger partial charge >= 0.3 is 0 Å². The van der Waals surface area contributed by atoms with Crippen molar-refractivity contribution in [3.8, 4) is 11.4 Å². The lowest BCUT2D eigenvalue weighted by atomic mass is 10.1. The van der Waals surface area contributed by atoms with E-state index in [1.807, 2.05) is 36.5 Å². The molecule has 5 nitrogen and oxygen atoms in total. The predicted octanol–water partition coefficient (Wildman–Crippen LogP) is 3.31. The maximum Gasteiger partial charge on any atom is 0.255 e. The molecule has 1 heterocycles. The van der Waals surface area contributed by atoms with Crippen LogP contribution < -0.4 is 5.32 Å². The average molecular weight is 386 g/mol. The maximum atomic E-state index is 12.1. The third-order valence-corrected chi connectivity index (χ3v) is 4.10. The van der Waals surface area contributed by atoms with Crippen LogP contribution in [0.4, 0.5) is 0 Å². The van der Waals surface area contributed by atoms with Gasteiger partial charge in [-0.15, -0.1) is 0 Å². The molecule has 1 amide bonds. The summed E-state index contributed by atoms with van der Waals surface area (Å²) in [5.41, 5.74) is 2.38. The van der Waals surface area contributed by atoms with E-state index in [0.29, 0.717) is 13.0 Å². The molecule has 3 rings (SSSR count). The van der Waals surface area contributed by atoms with Crippen LogP contribution in [0.1, 0.15) is 15.9 Å². The van der Waals surface area contributed by atoms with Gasteiger partial charge in [-0.25, -0.2) is 4.68 Å². The minimum atomic E-state index is -0.284. The van der Waals surface area contributed by atoms with Gasteiger partial charge in [0.05, 0.1) is 11.3 Å². The van der Waals surface area contributed by atoms with E-state index in [0.717, 1.165) is 15.7 Å². The highest BCUT2D eigenvalue weighted by Crippen LogP contribution is 2.22. The van der Waals surface area contributed by atoms with Crippen molar-refractivity contribution < 1.29 is 9.90 Å². The fourth-order valence-electron chi connectivity index (χ4n) is 2.35. The van der Waals surface area contributed by atoms with Gasteiger partial charge < -0.3 is 10.4 Å². The molecule has 2 aromatic carbocycles. The third-order valence-electron chi connectivity index (χ3n) is 3.61. The van der Waals surface area contributed by atoms with Crippen molar-refractivity contribution in [1.82, 2.24) is 15.1 Å². The standard InChI is InChI=1S/C18H16BrN3O2/c19-14-4-7-16(17(23)12-14)18(24)20-10-8-13-2-5-15(6-3-13)22-11-1-9-21-22/h1-7,9,11-12,23H,8,10H2,(H,20,24). The lowest BCUT2D eigenvalue weighted by molar-refractivity contribution is 0.0951. The van der Waals surface area contributed by atoms with Crippen LogP contribution in [-0.2, 0) is 6.42 Å². The van der Waals surface area contributed by atoms with Crippen molar-refractivity contribution >= 4 is 21.8 Å². The molecule has 0 saturated heterocycles. The van der Waals surface area contributed by atoms with Crippen molar-refractivity contribution in [3.63, 3.8) is 0 Å². The molecule has 0 fully saturated rings. The summed E-state index contributed by atoms with van der Waals surface area (Å²) in [5.74, 6) is -0.321. The van der Waals surface area contributed by atoms with Crippen LogP contribution in [0.5, 0.6) is 5.75 Å². The Bertz CT molecular complexity index is 830. The first-order chi connectivity index (χ1) is 11.6. The van der Waals surface area contributed by atoms with Crippen LogP contribution in [0.2, 0.25) is 0 Å². The number of hydrogen-bond acceptors (Lipinski definition) is 3. The third kappa shape index (κ3) is 3.83. The number of rotatable bonds is 5. The van der Waals surface area contributed by atoms with Gasteiger partial charge in [-0.2, -0.15) is 5.10 Å². The molecule has 0 aliphatic heterocycles. The van der Waals surface area contributed by atoms with E-state index in [4.69, 9.17) is 0 Å². The van der Waals surface area contributed by atoms with E-state index in [1.54, 1.807) is 23.0 Å². The van der Waals surface area contributed by atoms with E-state index in [2.05, 4.69) is 26.3 Å². The molecule has 0 spiro atoms. The van der Waals surface area contributed by atoms with Gasteiger partial charge in [-0.3, -0.25) is 4.79 Å². The van der Waals surface area contributed by atoms with Gasteiger partial charge in [-0.1, -0.05) is 28.1 Å². The number of phenolic OH excluding ortho intramolecular Hbond substituents is 1. The molecule has 0 aliphatic rings. The molecule has 0 saturated carbocycles. The Balaban J connectivity index is 1.55. The van der Waals surface area contributed by atoms with Gasteiger partial charge in [0.1, 0.15) is 5.75 Å². The second-order valence-corrected chi connectivity index (χ2v) is 6.20. The molecule has 2 N–H and O–H groups in total. The van der Waals surface area contributed by atoms with Crippen LogP contribution in [0, 0.1) is 0 Å². The average Bonchev–Trinajstić information content (AvgIpc) is 3.10. The number of hydrogen-bond donors (Lipinski definition) is 2. The van der Waals surface area contributed by atoms with Crippen LogP contribution >= 0.6 is 15.9 Å². The van der Waals surface area contributed by atoms with Gasteiger partial charge in [-0.05, 0) is 48.4 Å². The molecule has 0 aliphatic carbocycles. The fraction of sp³-hybridized carbons (Fsp3) is 0.111. The SMILES string of the molecule is O=C(NCCc1ccc(-n2cccn2)cc1)c1ccc(Br)cc1O. The number of aromatic hydroxyl groups is 1. The van der Waals surface area contributed by atoms with Crippen molar-refractivity contribution in [2.45, 2.75) is 6.42 Å². The number of carbonyl (C=O) groups excluding carboxylic acids is 1. The maximum absolute atomic E-state index is 12.1. The first-order valence-electron chi connectivity index (χ1n) is 7.49. The molecule has 24 heavy (non-hydrogen) atoms. The van der Waals surface area contributed by atoms with Crippen LogP contribution in [0.25, 0.3) is 5.69 Å². The van der Waals surface area contributed by atoms with Gasteiger partial charge in [0.15, 0.2) is 0 Å². The Morgan fingerprint density at radius 2 is 2.00 bits per heavy atom. The molecule has 0 atom stereocenters. The Morgan fingerprint density at radius 3 is 2.67 bits per heavy atom. The number of benzene rings is 2. The highest BCUT2D eigenvalue weighted by Gasteiger charge is 2.10. The highest BCUT2D eigenvalue weighted by atomic mass is 79.9. The zero-order valence-electron chi connectivity index (χ0n) is 12.8. The summed E-state index contributed by atoms with van der Waals surface area (Å²) in [7, 11) is 0. The summed E-state index contributed by atoms with van der Waals surface area (Å²) in [6.45, 7) is 0.495. The lowest BCUT2D eigenvalue weighted by Gasteiger charge is -2.08. The molecular formula is C18H16BrN3O2. The second kappa shape index (κ2) is 7.31. The van der Waals surface area contributed by atoms with Crippen LogP contribution in [0.15, 0.2) is 65.4 Å². The number of phenols is 1. The number of aromatic nitrogens is 2. The largest absolute Gasteiger partial charge is 0.507 e. The van der Waals surface area contributed by atoms with Gasteiger partial charge in [0.2, 0.25) is 0 Å². The number of nitrogens with one attached hydrogen (secondary N) is 1. The quantitative estimate of drug-likeness (QED) is 0.707. The molecule has 6 heteroatoms. The van der Waals surface area contributed by atoms with E-state index in [-0.39, 0.29) is 17.2 Å². The van der Waals surface area contributed by atoms with E-state index in [1.165, 1.54) is 6.07 Å². The fourth-order valence-corrected chi connectivity index (χ4v) is 2.70. The Hall–Kier alpha value is -2.60. The molecule has 1 aromatic heterocycles. The van der Waals surface area contributed by atoms with E-state index < -0.39 is 0 Å². The highest BCUT2D eigenvalue weighted by molar-refractivity contribution is 9.10. The van der Waals surface area contributed by atoms with Crippen LogP contribution in [-0.4, -0.2) is 27.3 Å². The summed E-state index contributed by atoms with van der Waals surface area (Å²) >= 11 is 3.25. The molecule has 0 bridgehead atoms. The molecule has 0 radical (unpaired) electrons. The Kier molecular flexibility index (Phi) is 4.96.